The number of hydrogen-bond acceptors (Lipinski definition) is 2. The van der Waals surface area contributed by atoms with Crippen molar-refractivity contribution >= 4 is 0 Å². The van der Waals surface area contributed by atoms with Gasteiger partial charge in [-0.3, -0.25) is 10.6 Å². The molecule has 0 spiro atoms. The van der Waals surface area contributed by atoms with Crippen molar-refractivity contribution in [2.45, 2.75) is 37.4 Å². The third-order valence-electron chi connectivity index (χ3n) is 6.50. The number of aromatic nitrogens is 1. The van der Waals surface area contributed by atoms with E-state index in [1.54, 1.807) is 0 Å². The second kappa shape index (κ2) is 6.84. The molecule has 2 aliphatic heterocycles. The fourth-order valence-electron chi connectivity index (χ4n) is 5.74. The summed E-state index contributed by atoms with van der Waals surface area (Å²) in [5.41, 5.74) is 5.46. The second-order valence-corrected chi connectivity index (χ2v) is 7.86. The van der Waals surface area contributed by atoms with Gasteiger partial charge < -0.3 is 0 Å². The van der Waals surface area contributed by atoms with Gasteiger partial charge >= 0.3 is 0 Å². The Balaban J connectivity index is 1.85. The van der Waals surface area contributed by atoms with Gasteiger partial charge in [-0.25, -0.2) is 0 Å². The SMILES string of the molecule is CCNC1(NCC)C2c3ccccc3C(C1c1ccccc1)[n+]1ccccc12. The summed E-state index contributed by atoms with van der Waals surface area (Å²) >= 11 is 0. The van der Waals surface area contributed by atoms with E-state index in [1.807, 2.05) is 0 Å². The first-order valence-electron chi connectivity index (χ1n) is 10.5. The monoisotopic (exact) mass is 370 g/mol. The number of fused-ring (bicyclic) bond motifs is 1. The third kappa shape index (κ3) is 2.33. The fraction of sp³-hybridized carbons (Fsp3) is 0.320. The van der Waals surface area contributed by atoms with Crippen molar-refractivity contribution in [3.8, 4) is 0 Å². The van der Waals surface area contributed by atoms with Crippen LogP contribution in [0.15, 0.2) is 79.0 Å². The molecule has 3 atom stereocenters. The van der Waals surface area contributed by atoms with Gasteiger partial charge in [0.2, 0.25) is 0 Å². The molecule has 2 bridgehead atoms. The summed E-state index contributed by atoms with van der Waals surface area (Å²) in [6.07, 6.45) is 2.26. The normalized spacial score (nSPS) is 23.9. The van der Waals surface area contributed by atoms with Crippen LogP contribution < -0.4 is 15.2 Å². The van der Waals surface area contributed by atoms with Gasteiger partial charge in [0.05, 0.1) is 11.6 Å². The molecule has 0 saturated heterocycles. The van der Waals surface area contributed by atoms with Gasteiger partial charge in [0.25, 0.3) is 0 Å². The van der Waals surface area contributed by atoms with Crippen LogP contribution in [0.4, 0.5) is 0 Å². The van der Waals surface area contributed by atoms with Crippen LogP contribution in [0.3, 0.4) is 0 Å². The maximum absolute atomic E-state index is 3.94. The first kappa shape index (κ1) is 17.6. The van der Waals surface area contributed by atoms with Gasteiger partial charge in [-0.15, -0.1) is 0 Å². The summed E-state index contributed by atoms with van der Waals surface area (Å²) in [6, 6.07) is 27.0. The van der Waals surface area contributed by atoms with Gasteiger partial charge in [-0.1, -0.05) is 74.5 Å². The summed E-state index contributed by atoms with van der Waals surface area (Å²) < 4.78 is 2.51. The van der Waals surface area contributed by atoms with Crippen LogP contribution >= 0.6 is 0 Å². The van der Waals surface area contributed by atoms with Crippen molar-refractivity contribution in [3.63, 3.8) is 0 Å². The van der Waals surface area contributed by atoms with Crippen LogP contribution in [-0.2, 0) is 0 Å². The molecule has 3 nitrogen and oxygen atoms in total. The third-order valence-corrected chi connectivity index (χ3v) is 6.50. The average Bonchev–Trinajstić information content (AvgIpc) is 2.75. The number of nitrogens with one attached hydrogen (secondary N) is 2. The van der Waals surface area contributed by atoms with Gasteiger partial charge in [0.15, 0.2) is 17.9 Å². The maximum Gasteiger partial charge on any atom is 0.194 e. The van der Waals surface area contributed by atoms with Crippen LogP contribution in [-0.4, -0.2) is 18.8 Å². The van der Waals surface area contributed by atoms with Gasteiger partial charge in [-0.05, 0) is 24.2 Å². The molecule has 0 amide bonds. The number of hydrogen-bond donors (Lipinski definition) is 2. The lowest BCUT2D eigenvalue weighted by Gasteiger charge is -2.55. The van der Waals surface area contributed by atoms with Gasteiger partial charge in [-0.2, -0.15) is 4.57 Å². The molecule has 2 aromatic carbocycles. The van der Waals surface area contributed by atoms with Crippen molar-refractivity contribution in [1.82, 2.24) is 10.6 Å². The summed E-state index contributed by atoms with van der Waals surface area (Å²) in [4.78, 5) is 0. The Labute approximate surface area is 167 Å². The van der Waals surface area contributed by atoms with E-state index in [1.165, 1.54) is 22.4 Å². The maximum atomic E-state index is 3.94. The molecule has 6 rings (SSSR count). The average molecular weight is 371 g/mol. The summed E-state index contributed by atoms with van der Waals surface area (Å²) in [7, 11) is 0. The highest BCUT2D eigenvalue weighted by molar-refractivity contribution is 5.49. The molecular formula is C25H28N3+. The first-order valence-corrected chi connectivity index (χ1v) is 10.5. The van der Waals surface area contributed by atoms with Crippen molar-refractivity contribution in [1.29, 1.82) is 0 Å². The molecule has 0 fully saturated rings. The summed E-state index contributed by atoms with van der Waals surface area (Å²) in [5, 5.41) is 7.87. The molecule has 3 heterocycles. The zero-order valence-corrected chi connectivity index (χ0v) is 16.6. The highest BCUT2D eigenvalue weighted by Crippen LogP contribution is 2.56. The number of nitrogens with zero attached hydrogens (tertiary/aromatic N) is 1. The minimum atomic E-state index is -0.217. The molecule has 28 heavy (non-hydrogen) atoms. The Morgan fingerprint density at radius 3 is 2.14 bits per heavy atom. The Morgan fingerprint density at radius 2 is 1.43 bits per heavy atom. The number of rotatable bonds is 5. The van der Waals surface area contributed by atoms with E-state index in [0.29, 0.717) is 5.92 Å². The Kier molecular flexibility index (Phi) is 4.30. The molecule has 1 aromatic heterocycles. The lowest BCUT2D eigenvalue weighted by molar-refractivity contribution is -0.736. The molecule has 3 aromatic rings. The number of likely N-dealkylation sites (N-methyl/N-ethyl adjacent to an activating group) is 2. The molecule has 3 aliphatic rings. The fourth-order valence-corrected chi connectivity index (χ4v) is 5.74. The Hall–Kier alpha value is -2.49. The van der Waals surface area contributed by atoms with E-state index >= 15 is 0 Å². The van der Waals surface area contributed by atoms with Crippen molar-refractivity contribution < 1.29 is 4.57 Å². The van der Waals surface area contributed by atoms with Crippen molar-refractivity contribution in [2.24, 2.45) is 0 Å². The van der Waals surface area contributed by atoms with E-state index in [0.717, 1.165) is 13.1 Å². The molecule has 142 valence electrons. The molecule has 0 radical (unpaired) electrons. The molecule has 3 unspecified atom stereocenters. The van der Waals surface area contributed by atoms with E-state index in [9.17, 15) is 0 Å². The van der Waals surface area contributed by atoms with Gasteiger partial charge in [0, 0.05) is 17.7 Å². The molecule has 2 N–H and O–H groups in total. The number of pyridine rings is 1. The lowest BCUT2D eigenvalue weighted by atomic mass is 9.59. The predicted molar refractivity (Wildman–Crippen MR) is 112 cm³/mol. The predicted octanol–water partition coefficient (Wildman–Crippen LogP) is 3.72. The smallest absolute Gasteiger partial charge is 0.194 e. The molecule has 0 saturated carbocycles. The largest absolute Gasteiger partial charge is 0.298 e. The lowest BCUT2D eigenvalue weighted by Crippen LogP contribution is -2.74. The number of benzene rings is 2. The zero-order chi connectivity index (χ0) is 19.1. The zero-order valence-electron chi connectivity index (χ0n) is 16.6. The summed E-state index contributed by atoms with van der Waals surface area (Å²) in [6.45, 7) is 6.28. The first-order chi connectivity index (χ1) is 13.8. The van der Waals surface area contributed by atoms with Crippen LogP contribution in [0.25, 0.3) is 0 Å². The standard InChI is InChI=1S/C25H28N3/c1-3-26-25(27-4-2)22(18-12-6-5-7-13-18)24-20-15-9-8-14-19(20)23(25)21-16-10-11-17-28(21)24/h5-17,22-24,26-27H,3-4H2,1-2H3/q+1. The van der Waals surface area contributed by atoms with E-state index in [2.05, 4.69) is 108 Å². The topological polar surface area (TPSA) is 27.9 Å². The highest BCUT2D eigenvalue weighted by Gasteiger charge is 2.63. The quantitative estimate of drug-likeness (QED) is 0.529. The second-order valence-electron chi connectivity index (χ2n) is 7.86. The Morgan fingerprint density at radius 1 is 0.786 bits per heavy atom. The van der Waals surface area contributed by atoms with E-state index in [-0.39, 0.29) is 17.6 Å². The van der Waals surface area contributed by atoms with Crippen molar-refractivity contribution in [3.05, 3.63) is 101 Å². The minimum absolute atomic E-state index is 0.217. The van der Waals surface area contributed by atoms with Crippen molar-refractivity contribution in [2.75, 3.05) is 13.1 Å². The van der Waals surface area contributed by atoms with Crippen LogP contribution in [0, 0.1) is 0 Å². The minimum Gasteiger partial charge on any atom is -0.298 e. The van der Waals surface area contributed by atoms with Crippen LogP contribution in [0.2, 0.25) is 0 Å². The summed E-state index contributed by atoms with van der Waals surface area (Å²) in [5.74, 6) is 0.549. The van der Waals surface area contributed by atoms with E-state index in [4.69, 9.17) is 0 Å². The van der Waals surface area contributed by atoms with Crippen LogP contribution in [0.1, 0.15) is 54.1 Å². The van der Waals surface area contributed by atoms with Crippen LogP contribution in [0.5, 0.6) is 0 Å². The van der Waals surface area contributed by atoms with Gasteiger partial charge in [0.1, 0.15) is 5.92 Å². The molecule has 1 aliphatic carbocycles. The molecule has 3 heteroatoms. The Bertz CT molecular complexity index is 928. The highest BCUT2D eigenvalue weighted by atomic mass is 15.3. The van der Waals surface area contributed by atoms with E-state index < -0.39 is 0 Å². The molecular weight excluding hydrogens is 342 g/mol.